The van der Waals surface area contributed by atoms with E-state index in [9.17, 15) is 18.0 Å². The number of carbonyl (C=O) groups excluding carboxylic acids is 2. The summed E-state index contributed by atoms with van der Waals surface area (Å²) in [7, 11) is -3.86. The second kappa shape index (κ2) is 11.4. The van der Waals surface area contributed by atoms with Crippen LogP contribution in [-0.2, 0) is 30.8 Å². The Bertz CT molecular complexity index is 1070. The summed E-state index contributed by atoms with van der Waals surface area (Å²) >= 11 is 0. The van der Waals surface area contributed by atoms with Crippen molar-refractivity contribution in [3.63, 3.8) is 0 Å². The van der Waals surface area contributed by atoms with Crippen molar-refractivity contribution >= 4 is 27.5 Å². The topological polar surface area (TPSA) is 105 Å². The molecule has 0 saturated heterocycles. The van der Waals surface area contributed by atoms with Crippen LogP contribution in [0.4, 0.5) is 5.69 Å². The van der Waals surface area contributed by atoms with Crippen LogP contribution in [0.25, 0.3) is 0 Å². The molecule has 0 spiro atoms. The molecule has 0 aromatic heterocycles. The second-order valence-electron chi connectivity index (χ2n) is 7.89. The Morgan fingerprint density at radius 2 is 1.85 bits per heavy atom. The van der Waals surface area contributed by atoms with E-state index >= 15 is 0 Å². The molecule has 178 valence electrons. The molecule has 0 radical (unpaired) electrons. The molecule has 1 unspecified atom stereocenters. The fourth-order valence-corrected chi connectivity index (χ4v) is 5.58. The van der Waals surface area contributed by atoms with Crippen molar-refractivity contribution in [2.24, 2.45) is 0 Å². The third-order valence-electron chi connectivity index (χ3n) is 5.52. The number of nitrogens with zero attached hydrogens (tertiary/aromatic N) is 1. The Kier molecular flexibility index (Phi) is 8.60. The third kappa shape index (κ3) is 6.40. The van der Waals surface area contributed by atoms with Gasteiger partial charge in [-0.1, -0.05) is 24.3 Å². The number of carbonyl (C=O) groups is 2. The summed E-state index contributed by atoms with van der Waals surface area (Å²) in [5, 5.41) is 5.51. The van der Waals surface area contributed by atoms with Gasteiger partial charge in [0, 0.05) is 45.3 Å². The van der Waals surface area contributed by atoms with Crippen molar-refractivity contribution < 1.29 is 22.7 Å². The average molecular weight is 474 g/mol. The van der Waals surface area contributed by atoms with Crippen LogP contribution in [0, 0.1) is 0 Å². The Morgan fingerprint density at radius 3 is 2.55 bits per heavy atom. The molecule has 2 amide bonds. The number of rotatable bonds is 10. The molecule has 9 heteroatoms. The minimum absolute atomic E-state index is 0.0366. The highest BCUT2D eigenvalue weighted by atomic mass is 32.2. The van der Waals surface area contributed by atoms with E-state index in [1.54, 1.807) is 12.1 Å². The molecule has 0 aliphatic carbocycles. The number of amides is 2. The fraction of sp³-hybridized carbons (Fsp3) is 0.417. The smallest absolute Gasteiger partial charge is 0.243 e. The molecule has 1 aliphatic rings. The first-order valence-corrected chi connectivity index (χ1v) is 12.6. The summed E-state index contributed by atoms with van der Waals surface area (Å²) in [5.74, 6) is -0.431. The molecule has 1 atom stereocenters. The average Bonchev–Trinajstić information content (AvgIpc) is 2.79. The maximum atomic E-state index is 13.5. The van der Waals surface area contributed by atoms with Crippen molar-refractivity contribution in [1.29, 1.82) is 0 Å². The van der Waals surface area contributed by atoms with Crippen molar-refractivity contribution in [2.45, 2.75) is 44.0 Å². The van der Waals surface area contributed by atoms with Crippen LogP contribution in [0.5, 0.6) is 0 Å². The summed E-state index contributed by atoms with van der Waals surface area (Å²) in [6, 6.07) is 13.1. The van der Waals surface area contributed by atoms with E-state index in [2.05, 4.69) is 10.6 Å². The van der Waals surface area contributed by atoms with Crippen LogP contribution < -0.4 is 10.6 Å². The van der Waals surface area contributed by atoms with Crippen molar-refractivity contribution in [2.75, 3.05) is 31.6 Å². The van der Waals surface area contributed by atoms with Gasteiger partial charge in [-0.05, 0) is 55.2 Å². The molecule has 2 aromatic rings. The lowest BCUT2D eigenvalue weighted by atomic mass is 9.92. The maximum absolute atomic E-state index is 13.5. The van der Waals surface area contributed by atoms with E-state index < -0.39 is 16.1 Å². The molecular weight excluding hydrogens is 442 g/mol. The first-order chi connectivity index (χ1) is 15.8. The van der Waals surface area contributed by atoms with E-state index in [0.29, 0.717) is 38.3 Å². The van der Waals surface area contributed by atoms with E-state index in [4.69, 9.17) is 4.74 Å². The van der Waals surface area contributed by atoms with Crippen LogP contribution in [0.1, 0.15) is 43.9 Å². The zero-order valence-electron chi connectivity index (χ0n) is 19.0. The predicted molar refractivity (Wildman–Crippen MR) is 126 cm³/mol. The molecule has 2 aromatic carbocycles. The summed E-state index contributed by atoms with van der Waals surface area (Å²) in [6.45, 7) is 5.27. The summed E-state index contributed by atoms with van der Waals surface area (Å²) in [6.07, 6.45) is 1.31. The first kappa shape index (κ1) is 24.9. The molecule has 0 saturated carbocycles. The zero-order chi connectivity index (χ0) is 23.8. The molecule has 8 nitrogen and oxygen atoms in total. The fourth-order valence-electron chi connectivity index (χ4n) is 3.97. The lowest BCUT2D eigenvalue weighted by molar-refractivity contribution is -0.122. The molecule has 33 heavy (non-hydrogen) atoms. The Balaban J connectivity index is 1.81. The van der Waals surface area contributed by atoms with Crippen LogP contribution in [0.3, 0.4) is 0 Å². The molecule has 1 heterocycles. The van der Waals surface area contributed by atoms with Gasteiger partial charge in [0.25, 0.3) is 0 Å². The highest BCUT2D eigenvalue weighted by molar-refractivity contribution is 7.89. The monoisotopic (exact) mass is 473 g/mol. The lowest BCUT2D eigenvalue weighted by Gasteiger charge is -2.36. The van der Waals surface area contributed by atoms with E-state index in [1.807, 2.05) is 31.2 Å². The van der Waals surface area contributed by atoms with Gasteiger partial charge in [-0.25, -0.2) is 8.42 Å². The van der Waals surface area contributed by atoms with Crippen molar-refractivity contribution in [3.8, 4) is 0 Å². The van der Waals surface area contributed by atoms with E-state index in [0.717, 1.165) is 11.1 Å². The van der Waals surface area contributed by atoms with Crippen LogP contribution in [0.2, 0.25) is 0 Å². The second-order valence-corrected chi connectivity index (χ2v) is 9.78. The quantitative estimate of drug-likeness (QED) is 0.517. The van der Waals surface area contributed by atoms with Gasteiger partial charge in [-0.2, -0.15) is 4.31 Å². The Hall–Kier alpha value is -2.75. The van der Waals surface area contributed by atoms with Gasteiger partial charge < -0.3 is 15.4 Å². The van der Waals surface area contributed by atoms with E-state index in [1.165, 1.54) is 23.4 Å². The molecule has 1 aliphatic heterocycles. The summed E-state index contributed by atoms with van der Waals surface area (Å²) in [4.78, 5) is 24.1. The zero-order valence-corrected chi connectivity index (χ0v) is 19.9. The van der Waals surface area contributed by atoms with E-state index in [-0.39, 0.29) is 29.7 Å². The number of nitrogens with one attached hydrogen (secondary N) is 2. The third-order valence-corrected chi connectivity index (χ3v) is 7.44. The molecule has 2 N–H and O–H groups in total. The van der Waals surface area contributed by atoms with Crippen molar-refractivity contribution in [3.05, 3.63) is 59.7 Å². The molecule has 3 rings (SSSR count). The summed E-state index contributed by atoms with van der Waals surface area (Å²) < 4.78 is 33.8. The number of hydrogen-bond acceptors (Lipinski definition) is 5. The van der Waals surface area contributed by atoms with Gasteiger partial charge in [-0.15, -0.1) is 0 Å². The SMILES string of the molecule is CCOCCCNC(=O)CC1c2ccccc2CCN1S(=O)(=O)c1ccc(NC(C)=O)cc1. The molecule has 0 bridgehead atoms. The van der Waals surface area contributed by atoms with Gasteiger partial charge in [0.1, 0.15) is 0 Å². The van der Waals surface area contributed by atoms with Crippen LogP contribution in [-0.4, -0.2) is 50.8 Å². The Labute approximate surface area is 195 Å². The normalized spacial score (nSPS) is 16.1. The van der Waals surface area contributed by atoms with Crippen LogP contribution in [0.15, 0.2) is 53.4 Å². The van der Waals surface area contributed by atoms with Gasteiger partial charge in [0.2, 0.25) is 21.8 Å². The number of benzene rings is 2. The van der Waals surface area contributed by atoms with Gasteiger partial charge in [0.15, 0.2) is 0 Å². The van der Waals surface area contributed by atoms with Crippen LogP contribution >= 0.6 is 0 Å². The first-order valence-electron chi connectivity index (χ1n) is 11.1. The molecule has 0 fully saturated rings. The summed E-state index contributed by atoms with van der Waals surface area (Å²) in [5.41, 5.74) is 2.43. The standard InChI is InChI=1S/C24H31N3O5S/c1-3-32-16-6-14-25-24(29)17-23-22-8-5-4-7-19(22)13-15-27(23)33(30,31)21-11-9-20(10-12-21)26-18(2)28/h4-5,7-12,23H,3,6,13-17H2,1-2H3,(H,25,29)(H,26,28). The van der Waals surface area contributed by atoms with Gasteiger partial charge in [0.05, 0.1) is 10.9 Å². The highest BCUT2D eigenvalue weighted by Gasteiger charge is 2.37. The minimum atomic E-state index is -3.86. The van der Waals surface area contributed by atoms with Gasteiger partial charge >= 0.3 is 0 Å². The number of sulfonamides is 1. The highest BCUT2D eigenvalue weighted by Crippen LogP contribution is 2.36. The van der Waals surface area contributed by atoms with Gasteiger partial charge in [-0.3, -0.25) is 9.59 Å². The number of anilines is 1. The Morgan fingerprint density at radius 1 is 1.12 bits per heavy atom. The number of fused-ring (bicyclic) bond motifs is 1. The minimum Gasteiger partial charge on any atom is -0.382 e. The number of hydrogen-bond donors (Lipinski definition) is 2. The molecular formula is C24H31N3O5S. The maximum Gasteiger partial charge on any atom is 0.243 e. The number of ether oxygens (including phenoxy) is 1. The lowest BCUT2D eigenvalue weighted by Crippen LogP contribution is -2.42. The largest absolute Gasteiger partial charge is 0.382 e. The predicted octanol–water partition coefficient (Wildman–Crippen LogP) is 2.87. The van der Waals surface area contributed by atoms with Crippen molar-refractivity contribution in [1.82, 2.24) is 9.62 Å².